The molecule has 1 saturated heterocycles. The minimum Gasteiger partial charge on any atom is -0.162 e. The Labute approximate surface area is 74.5 Å². The zero-order valence-electron chi connectivity index (χ0n) is 7.81. The van der Waals surface area contributed by atoms with Crippen molar-refractivity contribution in [2.24, 2.45) is 5.92 Å². The Morgan fingerprint density at radius 3 is 2.09 bits per heavy atom. The molecule has 0 saturated carbocycles. The molecule has 0 amide bonds. The lowest BCUT2D eigenvalue weighted by molar-refractivity contribution is 0.563. The molecule has 1 aliphatic heterocycles. The Morgan fingerprint density at radius 1 is 1.09 bits per heavy atom. The summed E-state index contributed by atoms with van der Waals surface area (Å²) in [6.07, 6.45) is 2.81. The Morgan fingerprint density at radius 2 is 1.64 bits per heavy atom. The molecular weight excluding hydrogens is 152 g/mol. The molecule has 1 heterocycles. The Balaban J connectivity index is 2.52. The van der Waals surface area contributed by atoms with Crippen LogP contribution in [0.2, 0.25) is 0 Å². The summed E-state index contributed by atoms with van der Waals surface area (Å²) in [7, 11) is 0. The highest BCUT2D eigenvalue weighted by molar-refractivity contribution is 7.99. The van der Waals surface area contributed by atoms with Crippen LogP contribution in [0.15, 0.2) is 11.1 Å². The second kappa shape index (κ2) is 4.20. The van der Waals surface area contributed by atoms with Crippen molar-refractivity contribution < 1.29 is 0 Å². The van der Waals surface area contributed by atoms with Crippen LogP contribution < -0.4 is 0 Å². The molecule has 0 bridgehead atoms. The van der Waals surface area contributed by atoms with Gasteiger partial charge < -0.3 is 0 Å². The van der Waals surface area contributed by atoms with E-state index in [1.54, 1.807) is 5.57 Å². The quantitative estimate of drug-likeness (QED) is 0.543. The first-order chi connectivity index (χ1) is 5.22. The Bertz CT molecular complexity index is 148. The van der Waals surface area contributed by atoms with Crippen LogP contribution in [0.4, 0.5) is 0 Å². The number of hydrogen-bond acceptors (Lipinski definition) is 1. The van der Waals surface area contributed by atoms with Crippen LogP contribution >= 0.6 is 11.8 Å². The second-order valence-electron chi connectivity index (χ2n) is 3.57. The highest BCUT2D eigenvalue weighted by Gasteiger charge is 2.15. The molecule has 1 fully saturated rings. The second-order valence-corrected chi connectivity index (χ2v) is 4.79. The summed E-state index contributed by atoms with van der Waals surface area (Å²) >= 11 is 2.11. The Hall–Kier alpha value is 0.0900. The maximum Gasteiger partial charge on any atom is -0.00618 e. The van der Waals surface area contributed by atoms with Gasteiger partial charge in [-0.15, -0.1) is 0 Å². The van der Waals surface area contributed by atoms with Crippen LogP contribution in [-0.2, 0) is 0 Å². The first-order valence-electron chi connectivity index (χ1n) is 4.43. The van der Waals surface area contributed by atoms with E-state index in [0.717, 1.165) is 5.92 Å². The zero-order chi connectivity index (χ0) is 8.27. The molecule has 1 rings (SSSR count). The topological polar surface area (TPSA) is 0 Å². The highest BCUT2D eigenvalue weighted by atomic mass is 32.2. The van der Waals surface area contributed by atoms with Crippen LogP contribution in [0.5, 0.6) is 0 Å². The van der Waals surface area contributed by atoms with Crippen molar-refractivity contribution >= 4 is 11.8 Å². The molecular formula is C10H18S. The summed E-state index contributed by atoms with van der Waals surface area (Å²) in [5, 5.41) is 0. The van der Waals surface area contributed by atoms with Gasteiger partial charge in [-0.3, -0.25) is 0 Å². The fourth-order valence-electron chi connectivity index (χ4n) is 1.54. The van der Waals surface area contributed by atoms with E-state index in [-0.39, 0.29) is 0 Å². The van der Waals surface area contributed by atoms with Gasteiger partial charge in [-0.25, -0.2) is 0 Å². The van der Waals surface area contributed by atoms with Crippen molar-refractivity contribution in [2.45, 2.75) is 33.6 Å². The van der Waals surface area contributed by atoms with E-state index in [4.69, 9.17) is 0 Å². The molecule has 0 unspecified atom stereocenters. The molecule has 0 N–H and O–H groups in total. The average Bonchev–Trinajstić information content (AvgIpc) is 2.05. The monoisotopic (exact) mass is 170 g/mol. The fourth-order valence-corrected chi connectivity index (χ4v) is 2.65. The number of allylic oxidation sites excluding steroid dienone is 2. The van der Waals surface area contributed by atoms with E-state index in [0.29, 0.717) is 0 Å². The summed E-state index contributed by atoms with van der Waals surface area (Å²) in [4.78, 5) is 0. The first kappa shape index (κ1) is 9.18. The van der Waals surface area contributed by atoms with Crippen LogP contribution in [0, 0.1) is 5.92 Å². The normalized spacial score (nSPS) is 19.9. The standard InChI is InChI=1S/C10H18S/c1-8(2)9(3)10-4-6-11-7-5-10/h10H,4-7H2,1-3H3. The molecule has 11 heavy (non-hydrogen) atoms. The van der Waals surface area contributed by atoms with Gasteiger partial charge in [0.05, 0.1) is 0 Å². The van der Waals surface area contributed by atoms with E-state index < -0.39 is 0 Å². The lowest BCUT2D eigenvalue weighted by Crippen LogP contribution is -2.11. The molecule has 0 radical (unpaired) electrons. The van der Waals surface area contributed by atoms with E-state index in [1.165, 1.54) is 29.9 Å². The van der Waals surface area contributed by atoms with E-state index in [2.05, 4.69) is 32.5 Å². The molecule has 0 aromatic heterocycles. The van der Waals surface area contributed by atoms with Gasteiger partial charge in [-0.2, -0.15) is 11.8 Å². The highest BCUT2D eigenvalue weighted by Crippen LogP contribution is 2.29. The molecule has 1 heteroatoms. The van der Waals surface area contributed by atoms with Crippen LogP contribution in [0.3, 0.4) is 0 Å². The van der Waals surface area contributed by atoms with Crippen molar-refractivity contribution in [3.63, 3.8) is 0 Å². The molecule has 0 aromatic rings. The number of rotatable bonds is 1. The van der Waals surface area contributed by atoms with Crippen molar-refractivity contribution in [2.75, 3.05) is 11.5 Å². The minimum absolute atomic E-state index is 0.904. The fraction of sp³-hybridized carbons (Fsp3) is 0.800. The number of hydrogen-bond donors (Lipinski definition) is 0. The third kappa shape index (κ3) is 2.55. The van der Waals surface area contributed by atoms with Gasteiger partial charge in [0.25, 0.3) is 0 Å². The summed E-state index contributed by atoms with van der Waals surface area (Å²) in [6, 6.07) is 0. The predicted octanol–water partition coefficient (Wildman–Crippen LogP) is 3.49. The van der Waals surface area contributed by atoms with Crippen molar-refractivity contribution in [1.29, 1.82) is 0 Å². The summed E-state index contributed by atoms with van der Waals surface area (Å²) < 4.78 is 0. The average molecular weight is 170 g/mol. The molecule has 1 aliphatic rings. The third-order valence-electron chi connectivity index (χ3n) is 2.62. The van der Waals surface area contributed by atoms with Crippen LogP contribution in [0.25, 0.3) is 0 Å². The summed E-state index contributed by atoms with van der Waals surface area (Å²) in [6.45, 7) is 6.77. The Kier molecular flexibility index (Phi) is 3.50. The van der Waals surface area contributed by atoms with Crippen molar-refractivity contribution in [3.05, 3.63) is 11.1 Å². The third-order valence-corrected chi connectivity index (χ3v) is 3.67. The maximum absolute atomic E-state index is 2.30. The molecule has 0 spiro atoms. The van der Waals surface area contributed by atoms with Crippen molar-refractivity contribution in [3.8, 4) is 0 Å². The van der Waals surface area contributed by atoms with Gasteiger partial charge in [0.1, 0.15) is 0 Å². The first-order valence-corrected chi connectivity index (χ1v) is 5.59. The molecule has 0 aliphatic carbocycles. The van der Waals surface area contributed by atoms with Crippen LogP contribution in [-0.4, -0.2) is 11.5 Å². The van der Waals surface area contributed by atoms with Crippen molar-refractivity contribution in [1.82, 2.24) is 0 Å². The lowest BCUT2D eigenvalue weighted by atomic mass is 9.92. The predicted molar refractivity (Wildman–Crippen MR) is 54.1 cm³/mol. The number of thioether (sulfide) groups is 1. The van der Waals surface area contributed by atoms with E-state index in [9.17, 15) is 0 Å². The largest absolute Gasteiger partial charge is 0.162 e. The molecule has 64 valence electrons. The summed E-state index contributed by atoms with van der Waals surface area (Å²) in [5.41, 5.74) is 3.17. The van der Waals surface area contributed by atoms with Gasteiger partial charge >= 0.3 is 0 Å². The van der Waals surface area contributed by atoms with E-state index in [1.807, 2.05) is 0 Å². The minimum atomic E-state index is 0.904. The van der Waals surface area contributed by atoms with E-state index >= 15 is 0 Å². The zero-order valence-corrected chi connectivity index (χ0v) is 8.63. The molecule has 0 nitrogen and oxygen atoms in total. The SMILES string of the molecule is CC(C)=C(C)C1CCSCC1. The van der Waals surface area contributed by atoms with Gasteiger partial charge in [0.15, 0.2) is 0 Å². The van der Waals surface area contributed by atoms with Gasteiger partial charge in [-0.1, -0.05) is 11.1 Å². The molecule has 0 atom stereocenters. The molecule has 0 aromatic carbocycles. The lowest BCUT2D eigenvalue weighted by Gasteiger charge is -2.23. The van der Waals surface area contributed by atoms with Crippen LogP contribution in [0.1, 0.15) is 33.6 Å². The van der Waals surface area contributed by atoms with Gasteiger partial charge in [-0.05, 0) is 51.0 Å². The maximum atomic E-state index is 2.30. The smallest absolute Gasteiger partial charge is 0.00618 e. The van der Waals surface area contributed by atoms with Gasteiger partial charge in [0, 0.05) is 0 Å². The van der Waals surface area contributed by atoms with Gasteiger partial charge in [0.2, 0.25) is 0 Å². The summed E-state index contributed by atoms with van der Waals surface area (Å²) in [5.74, 6) is 3.64.